The van der Waals surface area contributed by atoms with E-state index in [1.807, 2.05) is 13.8 Å². The van der Waals surface area contributed by atoms with Crippen LogP contribution in [0.2, 0.25) is 0 Å². The lowest BCUT2D eigenvalue weighted by atomic mass is 9.90. The van der Waals surface area contributed by atoms with Gasteiger partial charge in [0, 0.05) is 0 Å². The van der Waals surface area contributed by atoms with Gasteiger partial charge in [0.15, 0.2) is 0 Å². The third-order valence-electron chi connectivity index (χ3n) is 4.21. The molecule has 1 N–H and O–H groups in total. The van der Waals surface area contributed by atoms with Gasteiger partial charge in [-0.1, -0.05) is 33.1 Å². The number of carboxylic acids is 1. The van der Waals surface area contributed by atoms with Gasteiger partial charge in [0.05, 0.1) is 12.3 Å². The van der Waals surface area contributed by atoms with Crippen LogP contribution in [0.3, 0.4) is 0 Å². The third-order valence-corrected chi connectivity index (χ3v) is 4.21. The second-order valence-electron chi connectivity index (χ2n) is 5.63. The van der Waals surface area contributed by atoms with E-state index in [2.05, 4.69) is 10.2 Å². The molecule has 0 bridgehead atoms. The highest BCUT2D eigenvalue weighted by Crippen LogP contribution is 2.27. The molecule has 1 aliphatic rings. The zero-order valence-electron chi connectivity index (χ0n) is 12.9. The summed E-state index contributed by atoms with van der Waals surface area (Å²) in [5.74, 6) is -0.282. The van der Waals surface area contributed by atoms with E-state index >= 15 is 0 Å². The predicted molar refractivity (Wildman–Crippen MR) is 79.8 cm³/mol. The molecule has 0 saturated heterocycles. The van der Waals surface area contributed by atoms with Gasteiger partial charge >= 0.3 is 5.97 Å². The second kappa shape index (κ2) is 7.38. The number of carboxylic acid groups (broad SMARTS) is 1. The predicted octanol–water partition coefficient (Wildman–Crippen LogP) is 3.26. The van der Waals surface area contributed by atoms with Crippen LogP contribution < -0.4 is 4.74 Å². The van der Waals surface area contributed by atoms with Crippen molar-refractivity contribution in [1.29, 1.82) is 0 Å². The molecule has 1 heterocycles. The van der Waals surface area contributed by atoms with E-state index in [0.717, 1.165) is 24.1 Å². The van der Waals surface area contributed by atoms with E-state index in [-0.39, 0.29) is 11.4 Å². The van der Waals surface area contributed by atoms with E-state index < -0.39 is 5.97 Å². The van der Waals surface area contributed by atoms with Crippen molar-refractivity contribution in [1.82, 2.24) is 10.2 Å². The highest BCUT2D eigenvalue weighted by atomic mass is 16.5. The van der Waals surface area contributed by atoms with E-state index in [0.29, 0.717) is 25.4 Å². The van der Waals surface area contributed by atoms with Crippen LogP contribution in [0, 0.1) is 5.92 Å². The molecular formula is C16H24N2O3. The number of hydrogen-bond donors (Lipinski definition) is 1. The quantitative estimate of drug-likeness (QED) is 0.871. The molecule has 1 saturated carbocycles. The topological polar surface area (TPSA) is 72.3 Å². The molecule has 5 heteroatoms. The van der Waals surface area contributed by atoms with Crippen LogP contribution in [0.5, 0.6) is 5.88 Å². The first-order chi connectivity index (χ1) is 10.2. The third kappa shape index (κ3) is 3.71. The fourth-order valence-corrected chi connectivity index (χ4v) is 3.03. The first kappa shape index (κ1) is 15.7. The van der Waals surface area contributed by atoms with Crippen molar-refractivity contribution in [3.63, 3.8) is 0 Å². The molecule has 0 aromatic carbocycles. The summed E-state index contributed by atoms with van der Waals surface area (Å²) >= 11 is 0. The molecule has 1 aromatic heterocycles. The van der Waals surface area contributed by atoms with Gasteiger partial charge in [-0.25, -0.2) is 4.79 Å². The molecule has 0 atom stereocenters. The number of aryl methyl sites for hydroxylation is 1. The molecule has 0 radical (unpaired) electrons. The molecule has 1 aromatic rings. The van der Waals surface area contributed by atoms with Crippen molar-refractivity contribution < 1.29 is 14.6 Å². The summed E-state index contributed by atoms with van der Waals surface area (Å²) < 4.78 is 5.73. The molecule has 116 valence electrons. The molecule has 0 unspecified atom stereocenters. The van der Waals surface area contributed by atoms with Crippen LogP contribution in [-0.2, 0) is 12.8 Å². The maximum atomic E-state index is 11.6. The maximum absolute atomic E-state index is 11.6. The Kier molecular flexibility index (Phi) is 5.53. The van der Waals surface area contributed by atoms with Crippen LogP contribution in [0.1, 0.15) is 67.6 Å². The SMILES string of the molecule is CCc1nnc(OCC2CCCCC2)c(C(=O)O)c1CC. The van der Waals surface area contributed by atoms with Crippen LogP contribution in [0.15, 0.2) is 0 Å². The fourth-order valence-electron chi connectivity index (χ4n) is 3.03. The Morgan fingerprint density at radius 3 is 2.48 bits per heavy atom. The Labute approximate surface area is 125 Å². The summed E-state index contributed by atoms with van der Waals surface area (Å²) in [6.07, 6.45) is 7.38. The lowest BCUT2D eigenvalue weighted by molar-refractivity contribution is 0.0687. The van der Waals surface area contributed by atoms with E-state index in [4.69, 9.17) is 4.74 Å². The van der Waals surface area contributed by atoms with E-state index in [1.54, 1.807) is 0 Å². The second-order valence-corrected chi connectivity index (χ2v) is 5.63. The lowest BCUT2D eigenvalue weighted by Gasteiger charge is -2.22. The molecule has 1 fully saturated rings. The number of nitrogens with zero attached hydrogens (tertiary/aromatic N) is 2. The van der Waals surface area contributed by atoms with Gasteiger partial charge in [-0.05, 0) is 37.2 Å². The molecule has 5 nitrogen and oxygen atoms in total. The summed E-state index contributed by atoms with van der Waals surface area (Å²) in [6.45, 7) is 4.44. The highest BCUT2D eigenvalue weighted by Gasteiger charge is 2.23. The summed E-state index contributed by atoms with van der Waals surface area (Å²) in [7, 11) is 0. The van der Waals surface area contributed by atoms with E-state index in [9.17, 15) is 9.90 Å². The number of aromatic carboxylic acids is 1. The standard InChI is InChI=1S/C16H24N2O3/c1-3-12-13(4-2)17-18-15(14(12)16(19)20)21-10-11-8-6-5-7-9-11/h11H,3-10H2,1-2H3,(H,19,20). The zero-order valence-corrected chi connectivity index (χ0v) is 12.9. The summed E-state index contributed by atoms with van der Waals surface area (Å²) in [5, 5.41) is 17.6. The Hall–Kier alpha value is -1.65. The minimum atomic E-state index is -0.977. The largest absolute Gasteiger partial charge is 0.477 e. The highest BCUT2D eigenvalue weighted by molar-refractivity contribution is 5.92. The van der Waals surface area contributed by atoms with Crippen molar-refractivity contribution in [2.45, 2.75) is 58.8 Å². The summed E-state index contributed by atoms with van der Waals surface area (Å²) in [5.41, 5.74) is 1.69. The maximum Gasteiger partial charge on any atom is 0.341 e. The number of hydrogen-bond acceptors (Lipinski definition) is 4. The monoisotopic (exact) mass is 292 g/mol. The summed E-state index contributed by atoms with van der Waals surface area (Å²) in [6, 6.07) is 0. The van der Waals surface area contributed by atoms with Crippen LogP contribution in [-0.4, -0.2) is 27.9 Å². The number of rotatable bonds is 6. The van der Waals surface area contributed by atoms with Crippen molar-refractivity contribution in [2.24, 2.45) is 5.92 Å². The van der Waals surface area contributed by atoms with Crippen molar-refractivity contribution >= 4 is 5.97 Å². The first-order valence-electron chi connectivity index (χ1n) is 7.91. The normalized spacial score (nSPS) is 15.9. The number of aromatic nitrogens is 2. The van der Waals surface area contributed by atoms with Crippen molar-refractivity contribution in [3.8, 4) is 5.88 Å². The van der Waals surface area contributed by atoms with Crippen molar-refractivity contribution in [2.75, 3.05) is 6.61 Å². The van der Waals surface area contributed by atoms with Crippen LogP contribution in [0.25, 0.3) is 0 Å². The molecule has 0 aliphatic heterocycles. The number of carbonyl (C=O) groups is 1. The van der Waals surface area contributed by atoms with Gasteiger partial charge in [0.25, 0.3) is 0 Å². The van der Waals surface area contributed by atoms with E-state index in [1.165, 1.54) is 19.3 Å². The zero-order chi connectivity index (χ0) is 15.2. The molecule has 21 heavy (non-hydrogen) atoms. The lowest BCUT2D eigenvalue weighted by Crippen LogP contribution is -2.19. The Morgan fingerprint density at radius 2 is 1.90 bits per heavy atom. The average Bonchev–Trinajstić information content (AvgIpc) is 2.52. The molecule has 0 spiro atoms. The molecule has 1 aliphatic carbocycles. The van der Waals surface area contributed by atoms with Gasteiger partial charge in [-0.15, -0.1) is 5.10 Å². The Balaban J connectivity index is 2.19. The first-order valence-corrected chi connectivity index (χ1v) is 7.91. The fraction of sp³-hybridized carbons (Fsp3) is 0.688. The van der Waals surface area contributed by atoms with Gasteiger partial charge in [0.2, 0.25) is 5.88 Å². The van der Waals surface area contributed by atoms with Crippen LogP contribution in [0.4, 0.5) is 0 Å². The van der Waals surface area contributed by atoms with Crippen LogP contribution >= 0.6 is 0 Å². The summed E-state index contributed by atoms with van der Waals surface area (Å²) in [4.78, 5) is 11.6. The molecule has 2 rings (SSSR count). The molecule has 0 amide bonds. The Morgan fingerprint density at radius 1 is 1.19 bits per heavy atom. The van der Waals surface area contributed by atoms with Crippen molar-refractivity contribution in [3.05, 3.63) is 16.8 Å². The minimum absolute atomic E-state index is 0.183. The van der Waals surface area contributed by atoms with Gasteiger partial charge < -0.3 is 9.84 Å². The Bertz CT molecular complexity index is 497. The smallest absolute Gasteiger partial charge is 0.341 e. The number of ether oxygens (including phenoxy) is 1. The average molecular weight is 292 g/mol. The van der Waals surface area contributed by atoms with Gasteiger partial charge in [-0.2, -0.15) is 5.10 Å². The minimum Gasteiger partial charge on any atom is -0.477 e. The van der Waals surface area contributed by atoms with Gasteiger partial charge in [0.1, 0.15) is 5.56 Å². The molecular weight excluding hydrogens is 268 g/mol. The van der Waals surface area contributed by atoms with Gasteiger partial charge in [-0.3, -0.25) is 0 Å².